The molecule has 2 bridgehead atoms. The molecule has 1 heterocycles. The second kappa shape index (κ2) is 10.3. The van der Waals surface area contributed by atoms with Crippen LogP contribution < -0.4 is 5.32 Å². The van der Waals surface area contributed by atoms with Gasteiger partial charge in [-0.2, -0.15) is 0 Å². The number of aromatic nitrogens is 1. The number of amides is 1. The molecule has 2 aliphatic rings. The molecule has 39 heavy (non-hydrogen) atoms. The average molecular weight is 575 g/mol. The smallest absolute Gasteiger partial charge is 0.255 e. The average Bonchev–Trinajstić information content (AvgIpc) is 3.20. The van der Waals surface area contributed by atoms with E-state index in [1.165, 1.54) is 12.1 Å². The van der Waals surface area contributed by atoms with Crippen molar-refractivity contribution in [1.82, 2.24) is 4.98 Å². The molecular weight excluding hydrogens is 553 g/mol. The van der Waals surface area contributed by atoms with Crippen LogP contribution in [0.5, 0.6) is 0 Å². The molecule has 2 fully saturated rings. The third-order valence-corrected chi connectivity index (χ3v) is 10.1. The van der Waals surface area contributed by atoms with Crippen molar-refractivity contribution < 1.29 is 31.5 Å². The molecule has 0 radical (unpaired) electrons. The topological polar surface area (TPSA) is 96.4 Å². The zero-order valence-electron chi connectivity index (χ0n) is 20.3. The number of pyridine rings is 1. The highest BCUT2D eigenvalue weighted by molar-refractivity contribution is 7.92. The number of anilines is 1. The lowest BCUT2D eigenvalue weighted by Gasteiger charge is -2.38. The van der Waals surface area contributed by atoms with Crippen molar-refractivity contribution in [2.45, 2.75) is 41.4 Å². The summed E-state index contributed by atoms with van der Waals surface area (Å²) in [7, 11) is -4.04. The molecule has 6 nitrogen and oxygen atoms in total. The van der Waals surface area contributed by atoms with Crippen LogP contribution in [0.3, 0.4) is 0 Å². The first-order valence-corrected chi connectivity index (χ1v) is 14.0. The molecule has 1 aromatic heterocycles. The Bertz CT molecular complexity index is 1590. The van der Waals surface area contributed by atoms with Crippen LogP contribution in [-0.2, 0) is 9.84 Å². The maximum atomic E-state index is 13.8. The molecule has 5 rings (SSSR count). The van der Waals surface area contributed by atoms with Gasteiger partial charge in [-0.3, -0.25) is 9.78 Å². The highest BCUT2D eigenvalue weighted by Crippen LogP contribution is 2.51. The Hall–Kier alpha value is -3.39. The van der Waals surface area contributed by atoms with Gasteiger partial charge in [-0.15, -0.1) is 0 Å². The minimum atomic E-state index is -4.04. The van der Waals surface area contributed by atoms with Gasteiger partial charge in [0.05, 0.1) is 15.2 Å². The monoisotopic (exact) mass is 574 g/mol. The lowest BCUT2D eigenvalue weighted by Crippen LogP contribution is -2.45. The Kier molecular flexibility index (Phi) is 7.18. The second-order valence-corrected chi connectivity index (χ2v) is 12.4. The standard InChI is InChI=1S/C28H22ClF3N2O4S/c29-21-4-3-17(27(35)34-20-12-22(30)25(32)23(31)13-20)11-24(21)39(37,38)26-18-1-2-19(26)15-28(36,14-18)8-5-16-6-9-33-10-7-16/h3-4,6-7,9-13,18-19,26,36H,1-2,14-15H2,(H,34,35)/t18?,19?,26-,28-. The predicted octanol–water partition coefficient (Wildman–Crippen LogP) is 5.15. The molecule has 2 N–H and O–H groups in total. The Morgan fingerprint density at radius 2 is 1.64 bits per heavy atom. The number of fused-ring (bicyclic) bond motifs is 2. The largest absolute Gasteiger partial charge is 0.378 e. The van der Waals surface area contributed by atoms with E-state index in [-0.39, 0.29) is 45.8 Å². The van der Waals surface area contributed by atoms with Crippen molar-refractivity contribution >= 4 is 33.0 Å². The SMILES string of the molecule is O=C(Nc1cc(F)c(F)c(F)c1)c1ccc(Cl)c(S(=O)(=O)[C@H]2C3CCC2C[C@](O)(C#Cc2ccncc2)C3)c1. The molecule has 2 aromatic carbocycles. The summed E-state index contributed by atoms with van der Waals surface area (Å²) in [5.74, 6) is -0.376. The minimum Gasteiger partial charge on any atom is -0.378 e. The van der Waals surface area contributed by atoms with Crippen LogP contribution in [0, 0.1) is 41.1 Å². The Balaban J connectivity index is 1.39. The van der Waals surface area contributed by atoms with Gasteiger partial charge in [-0.25, -0.2) is 21.6 Å². The van der Waals surface area contributed by atoms with Crippen LogP contribution in [0.15, 0.2) is 59.8 Å². The van der Waals surface area contributed by atoms with Gasteiger partial charge in [0.1, 0.15) is 5.60 Å². The molecular formula is C28H22ClF3N2O4S. The van der Waals surface area contributed by atoms with E-state index in [1.54, 1.807) is 24.5 Å². The Morgan fingerprint density at radius 3 is 2.26 bits per heavy atom. The summed E-state index contributed by atoms with van der Waals surface area (Å²) in [4.78, 5) is 16.5. The van der Waals surface area contributed by atoms with Gasteiger partial charge in [-0.1, -0.05) is 23.4 Å². The van der Waals surface area contributed by atoms with E-state index in [1.807, 2.05) is 0 Å². The van der Waals surface area contributed by atoms with Crippen LogP contribution in [0.25, 0.3) is 0 Å². The molecule has 11 heteroatoms. The van der Waals surface area contributed by atoms with E-state index in [4.69, 9.17) is 11.6 Å². The number of hydrogen-bond donors (Lipinski definition) is 2. The summed E-state index contributed by atoms with van der Waals surface area (Å²) < 4.78 is 68.0. The van der Waals surface area contributed by atoms with Gasteiger partial charge >= 0.3 is 0 Å². The maximum Gasteiger partial charge on any atom is 0.255 e. The van der Waals surface area contributed by atoms with Gasteiger partial charge in [0.15, 0.2) is 27.3 Å². The van der Waals surface area contributed by atoms with Crippen molar-refractivity contribution in [2.75, 3.05) is 5.32 Å². The predicted molar refractivity (Wildman–Crippen MR) is 138 cm³/mol. The highest BCUT2D eigenvalue weighted by atomic mass is 35.5. The van der Waals surface area contributed by atoms with E-state index in [2.05, 4.69) is 22.1 Å². The number of nitrogens with zero attached hydrogens (tertiary/aromatic N) is 1. The zero-order valence-corrected chi connectivity index (χ0v) is 21.9. The molecule has 2 aliphatic carbocycles. The van der Waals surface area contributed by atoms with Crippen molar-refractivity contribution in [3.8, 4) is 11.8 Å². The van der Waals surface area contributed by atoms with Gasteiger partial charge in [0.2, 0.25) is 0 Å². The van der Waals surface area contributed by atoms with E-state index in [0.29, 0.717) is 30.5 Å². The minimum absolute atomic E-state index is 0.0804. The molecule has 1 amide bonds. The van der Waals surface area contributed by atoms with Crippen molar-refractivity contribution in [1.29, 1.82) is 0 Å². The number of nitrogens with one attached hydrogen (secondary N) is 1. The summed E-state index contributed by atoms with van der Waals surface area (Å²) in [5.41, 5.74) is -1.11. The molecule has 0 saturated heterocycles. The van der Waals surface area contributed by atoms with Gasteiger partial charge in [-0.05, 0) is 67.9 Å². The van der Waals surface area contributed by atoms with E-state index < -0.39 is 44.0 Å². The van der Waals surface area contributed by atoms with Gasteiger partial charge in [0.25, 0.3) is 5.91 Å². The third kappa shape index (κ3) is 5.39. The number of rotatable bonds is 4. The fraction of sp³-hybridized carbons (Fsp3) is 0.286. The fourth-order valence-corrected chi connectivity index (χ4v) is 8.44. The third-order valence-electron chi connectivity index (χ3n) is 7.26. The molecule has 0 aliphatic heterocycles. The number of sulfone groups is 1. The number of benzene rings is 2. The molecule has 2 unspecified atom stereocenters. The first-order chi connectivity index (χ1) is 18.5. The molecule has 202 valence electrons. The van der Waals surface area contributed by atoms with Crippen molar-refractivity contribution in [2.24, 2.45) is 11.8 Å². The lowest BCUT2D eigenvalue weighted by molar-refractivity contribution is 0.0340. The number of carbonyl (C=O) groups excluding carboxylic acids is 1. The first kappa shape index (κ1) is 27.2. The van der Waals surface area contributed by atoms with Crippen LogP contribution in [0.1, 0.15) is 41.6 Å². The Labute approximate surface area is 228 Å². The van der Waals surface area contributed by atoms with Crippen LogP contribution in [0.4, 0.5) is 18.9 Å². The first-order valence-electron chi connectivity index (χ1n) is 12.1. The second-order valence-electron chi connectivity index (χ2n) is 9.89. The van der Waals surface area contributed by atoms with E-state index in [0.717, 1.165) is 6.07 Å². The summed E-state index contributed by atoms with van der Waals surface area (Å²) >= 11 is 6.28. The number of carbonyl (C=O) groups is 1. The maximum absolute atomic E-state index is 13.8. The molecule has 2 atom stereocenters. The lowest BCUT2D eigenvalue weighted by atomic mass is 9.77. The zero-order chi connectivity index (χ0) is 27.9. The summed E-state index contributed by atoms with van der Waals surface area (Å²) in [6.45, 7) is 0. The molecule has 0 spiro atoms. The summed E-state index contributed by atoms with van der Waals surface area (Å²) in [5, 5.41) is 12.5. The highest BCUT2D eigenvalue weighted by Gasteiger charge is 2.54. The summed E-state index contributed by atoms with van der Waals surface area (Å²) in [6, 6.07) is 8.31. The van der Waals surface area contributed by atoms with Crippen molar-refractivity contribution in [3.63, 3.8) is 0 Å². The van der Waals surface area contributed by atoms with Gasteiger partial charge in [0, 0.05) is 41.3 Å². The van der Waals surface area contributed by atoms with E-state index in [9.17, 15) is 31.5 Å². The quantitative estimate of drug-likeness (QED) is 0.332. The normalized spacial score (nSPS) is 24.1. The van der Waals surface area contributed by atoms with Crippen LogP contribution in [-0.4, -0.2) is 35.3 Å². The number of hydrogen-bond acceptors (Lipinski definition) is 5. The molecule has 3 aromatic rings. The van der Waals surface area contributed by atoms with Crippen LogP contribution >= 0.6 is 11.6 Å². The number of aliphatic hydroxyl groups is 1. The van der Waals surface area contributed by atoms with E-state index >= 15 is 0 Å². The van der Waals surface area contributed by atoms with Gasteiger partial charge < -0.3 is 10.4 Å². The van der Waals surface area contributed by atoms with Crippen molar-refractivity contribution in [3.05, 3.63) is 88.5 Å². The fourth-order valence-electron chi connectivity index (χ4n) is 5.60. The Morgan fingerprint density at radius 1 is 1.03 bits per heavy atom. The van der Waals surface area contributed by atoms with Crippen LogP contribution in [0.2, 0.25) is 5.02 Å². The summed E-state index contributed by atoms with van der Waals surface area (Å²) in [6.07, 6.45) is 4.71. The number of halogens is 4. The molecule has 2 saturated carbocycles.